The average Bonchev–Trinajstić information content (AvgIpc) is 2.63. The van der Waals surface area contributed by atoms with Gasteiger partial charge in [0, 0.05) is 5.69 Å². The molecule has 7 nitrogen and oxygen atoms in total. The molecule has 0 saturated heterocycles. The van der Waals surface area contributed by atoms with Crippen molar-refractivity contribution in [3.05, 3.63) is 48.0 Å². The van der Waals surface area contributed by atoms with Crippen molar-refractivity contribution in [1.82, 2.24) is 0 Å². The number of anilines is 2. The lowest BCUT2D eigenvalue weighted by molar-refractivity contribution is -0.122. The average molecular weight is 356 g/mol. The van der Waals surface area contributed by atoms with Crippen LogP contribution in [0.15, 0.2) is 42.5 Å². The summed E-state index contributed by atoms with van der Waals surface area (Å²) in [6, 6.07) is 12.5. The van der Waals surface area contributed by atoms with Crippen molar-refractivity contribution in [2.75, 3.05) is 24.4 Å². The third-order valence-corrected chi connectivity index (χ3v) is 3.83. The van der Waals surface area contributed by atoms with Crippen molar-refractivity contribution in [1.29, 1.82) is 0 Å². The minimum atomic E-state index is -0.534. The van der Waals surface area contributed by atoms with E-state index in [0.29, 0.717) is 23.7 Å². The highest BCUT2D eigenvalue weighted by Gasteiger charge is 2.23. The van der Waals surface area contributed by atoms with Gasteiger partial charge in [-0.15, -0.1) is 0 Å². The second-order valence-electron chi connectivity index (χ2n) is 5.85. The molecule has 0 aliphatic carbocycles. The normalized spacial score (nSPS) is 15.5. The van der Waals surface area contributed by atoms with Gasteiger partial charge in [0.05, 0.1) is 19.4 Å². The highest BCUT2D eigenvalue weighted by atomic mass is 16.5. The first-order valence-electron chi connectivity index (χ1n) is 8.17. The van der Waals surface area contributed by atoms with E-state index in [1.165, 1.54) is 0 Å². The van der Waals surface area contributed by atoms with Crippen molar-refractivity contribution in [3.63, 3.8) is 0 Å². The number of carbonyl (C=O) groups excluding carboxylic acids is 2. The quantitative estimate of drug-likeness (QED) is 0.831. The number of benzene rings is 2. The molecule has 1 heterocycles. The van der Waals surface area contributed by atoms with Crippen LogP contribution in [0.25, 0.3) is 0 Å². The summed E-state index contributed by atoms with van der Waals surface area (Å²) < 4.78 is 16.1. The summed E-state index contributed by atoms with van der Waals surface area (Å²) >= 11 is 0. The molecule has 2 aromatic carbocycles. The summed E-state index contributed by atoms with van der Waals surface area (Å²) in [7, 11) is 1.60. The highest BCUT2D eigenvalue weighted by molar-refractivity contribution is 5.99. The summed E-state index contributed by atoms with van der Waals surface area (Å²) in [5, 5.41) is 5.47. The van der Waals surface area contributed by atoms with Crippen LogP contribution in [0.5, 0.6) is 11.5 Å². The van der Waals surface area contributed by atoms with Crippen LogP contribution in [-0.2, 0) is 20.9 Å². The molecule has 2 aromatic rings. The summed E-state index contributed by atoms with van der Waals surface area (Å²) in [4.78, 5) is 23.7. The van der Waals surface area contributed by atoms with Crippen LogP contribution in [0.2, 0.25) is 0 Å². The van der Waals surface area contributed by atoms with Crippen molar-refractivity contribution < 1.29 is 23.8 Å². The lowest BCUT2D eigenvalue weighted by Crippen LogP contribution is -2.34. The van der Waals surface area contributed by atoms with E-state index in [1.54, 1.807) is 32.2 Å². The number of nitrogens with one attached hydrogen (secondary N) is 2. The fourth-order valence-electron chi connectivity index (χ4n) is 2.51. The van der Waals surface area contributed by atoms with Crippen LogP contribution < -0.4 is 20.1 Å². The first-order valence-corrected chi connectivity index (χ1v) is 8.17. The number of rotatable bonds is 6. The Morgan fingerprint density at radius 3 is 2.92 bits per heavy atom. The van der Waals surface area contributed by atoms with Crippen LogP contribution >= 0.6 is 0 Å². The maximum absolute atomic E-state index is 12.0. The minimum absolute atomic E-state index is 0.0891. The molecule has 0 bridgehead atoms. The number of hydrogen-bond acceptors (Lipinski definition) is 5. The minimum Gasteiger partial charge on any atom is -0.497 e. The SMILES string of the molecule is COc1cccc(COCC(=O)Nc2ccc3c(c2)NC(=O)C(C)O3)c1. The molecular formula is C19H20N2O5. The van der Waals surface area contributed by atoms with E-state index >= 15 is 0 Å². The third kappa shape index (κ3) is 4.31. The monoisotopic (exact) mass is 356 g/mol. The molecule has 0 radical (unpaired) electrons. The zero-order valence-electron chi connectivity index (χ0n) is 14.6. The molecule has 0 saturated carbocycles. The van der Waals surface area contributed by atoms with Gasteiger partial charge in [-0.05, 0) is 42.8 Å². The molecule has 2 N–H and O–H groups in total. The Kier molecular flexibility index (Phi) is 5.38. The van der Waals surface area contributed by atoms with Gasteiger partial charge in [0.25, 0.3) is 5.91 Å². The Labute approximate surface area is 151 Å². The topological polar surface area (TPSA) is 85.9 Å². The summed E-state index contributed by atoms with van der Waals surface area (Å²) in [5.41, 5.74) is 2.00. The molecule has 1 aliphatic rings. The van der Waals surface area contributed by atoms with E-state index in [1.807, 2.05) is 24.3 Å². The molecule has 7 heteroatoms. The van der Waals surface area contributed by atoms with Crippen LogP contribution in [0, 0.1) is 0 Å². The predicted molar refractivity (Wildman–Crippen MR) is 96.4 cm³/mol. The lowest BCUT2D eigenvalue weighted by atomic mass is 10.2. The molecule has 2 amide bonds. The van der Waals surface area contributed by atoms with E-state index in [0.717, 1.165) is 11.3 Å². The largest absolute Gasteiger partial charge is 0.497 e. The second-order valence-corrected chi connectivity index (χ2v) is 5.85. The van der Waals surface area contributed by atoms with E-state index < -0.39 is 6.10 Å². The van der Waals surface area contributed by atoms with Crippen LogP contribution in [0.1, 0.15) is 12.5 Å². The molecular weight excluding hydrogens is 336 g/mol. The fraction of sp³-hybridized carbons (Fsp3) is 0.263. The second kappa shape index (κ2) is 7.88. The zero-order chi connectivity index (χ0) is 18.5. The fourth-order valence-corrected chi connectivity index (χ4v) is 2.51. The third-order valence-electron chi connectivity index (χ3n) is 3.83. The summed E-state index contributed by atoms with van der Waals surface area (Å²) in [6.07, 6.45) is -0.534. The first-order chi connectivity index (χ1) is 12.5. The lowest BCUT2D eigenvalue weighted by Gasteiger charge is -2.23. The maximum atomic E-state index is 12.0. The molecule has 1 atom stereocenters. The zero-order valence-corrected chi connectivity index (χ0v) is 14.6. The van der Waals surface area contributed by atoms with Gasteiger partial charge in [-0.2, -0.15) is 0 Å². The standard InChI is InChI=1S/C19H20N2O5/c1-12-19(23)21-16-9-14(6-7-17(16)26-12)20-18(22)11-25-10-13-4-3-5-15(8-13)24-2/h3-9,12H,10-11H2,1-2H3,(H,20,22)(H,21,23). The van der Waals surface area contributed by atoms with E-state index in [9.17, 15) is 9.59 Å². The molecule has 26 heavy (non-hydrogen) atoms. The van der Waals surface area contributed by atoms with Crippen molar-refractivity contribution >= 4 is 23.2 Å². The number of fused-ring (bicyclic) bond motifs is 1. The molecule has 1 aliphatic heterocycles. The maximum Gasteiger partial charge on any atom is 0.265 e. The Morgan fingerprint density at radius 1 is 1.27 bits per heavy atom. The first kappa shape index (κ1) is 17.8. The number of ether oxygens (including phenoxy) is 3. The van der Waals surface area contributed by atoms with Gasteiger partial charge in [-0.1, -0.05) is 12.1 Å². The van der Waals surface area contributed by atoms with Gasteiger partial charge in [-0.25, -0.2) is 0 Å². The van der Waals surface area contributed by atoms with Gasteiger partial charge < -0.3 is 24.8 Å². The Balaban J connectivity index is 1.52. The van der Waals surface area contributed by atoms with E-state index in [-0.39, 0.29) is 18.4 Å². The van der Waals surface area contributed by atoms with Gasteiger partial charge >= 0.3 is 0 Å². The Morgan fingerprint density at radius 2 is 2.12 bits per heavy atom. The molecule has 136 valence electrons. The van der Waals surface area contributed by atoms with E-state index in [2.05, 4.69) is 10.6 Å². The van der Waals surface area contributed by atoms with E-state index in [4.69, 9.17) is 14.2 Å². The highest BCUT2D eigenvalue weighted by Crippen LogP contribution is 2.32. The van der Waals surface area contributed by atoms with Gasteiger partial charge in [-0.3, -0.25) is 9.59 Å². The van der Waals surface area contributed by atoms with Crippen molar-refractivity contribution in [3.8, 4) is 11.5 Å². The van der Waals surface area contributed by atoms with Crippen LogP contribution in [0.3, 0.4) is 0 Å². The molecule has 3 rings (SSSR count). The summed E-state index contributed by atoms with van der Waals surface area (Å²) in [5.74, 6) is 0.805. The van der Waals surface area contributed by atoms with Crippen molar-refractivity contribution in [2.24, 2.45) is 0 Å². The number of methoxy groups -OCH3 is 1. The Bertz CT molecular complexity index is 821. The van der Waals surface area contributed by atoms with Crippen molar-refractivity contribution in [2.45, 2.75) is 19.6 Å². The number of amides is 2. The van der Waals surface area contributed by atoms with Gasteiger partial charge in [0.2, 0.25) is 5.91 Å². The molecule has 0 aromatic heterocycles. The van der Waals surface area contributed by atoms with Gasteiger partial charge in [0.1, 0.15) is 18.1 Å². The van der Waals surface area contributed by atoms with Crippen LogP contribution in [-0.4, -0.2) is 31.6 Å². The van der Waals surface area contributed by atoms with Crippen LogP contribution in [0.4, 0.5) is 11.4 Å². The molecule has 1 unspecified atom stereocenters. The number of carbonyl (C=O) groups is 2. The smallest absolute Gasteiger partial charge is 0.265 e. The predicted octanol–water partition coefficient (Wildman–Crippen LogP) is 2.57. The number of hydrogen-bond donors (Lipinski definition) is 2. The molecule has 0 spiro atoms. The van der Waals surface area contributed by atoms with Gasteiger partial charge in [0.15, 0.2) is 6.10 Å². The molecule has 0 fully saturated rings. The Hall–Kier alpha value is -3.06. The summed E-state index contributed by atoms with van der Waals surface area (Å²) in [6.45, 7) is 1.89.